The molecule has 1 N–H and O–H groups in total. The maximum atomic E-state index is 10.7. The zero-order valence-corrected chi connectivity index (χ0v) is 15.1. The first kappa shape index (κ1) is 17.1. The smallest absolute Gasteiger partial charge is 0.303 e. The van der Waals surface area contributed by atoms with Crippen molar-refractivity contribution < 1.29 is 9.90 Å². The molecule has 0 aromatic carbocycles. The number of aromatic nitrogens is 3. The molecule has 0 unspecified atom stereocenters. The first-order valence-electron chi connectivity index (χ1n) is 8.50. The predicted octanol–water partition coefficient (Wildman–Crippen LogP) is 2.63. The van der Waals surface area contributed by atoms with Gasteiger partial charge in [-0.05, 0) is 25.8 Å². The number of thiazole rings is 1. The van der Waals surface area contributed by atoms with Crippen molar-refractivity contribution in [2.45, 2.75) is 59.2 Å². The standard InChI is InChI=1S/C17H24N4O2S/c1-3-15-16(24-12(2)18-15)11-20-7-4-8-21-14(10-20)9-13(19-21)5-6-17(22)23/h9H,3-8,10-11H2,1-2H3,(H,22,23). The Kier molecular flexibility index (Phi) is 5.30. The fourth-order valence-electron chi connectivity index (χ4n) is 3.20. The van der Waals surface area contributed by atoms with Crippen molar-refractivity contribution in [3.8, 4) is 0 Å². The number of rotatable bonds is 6. The molecule has 0 fully saturated rings. The molecule has 0 aliphatic carbocycles. The third-order valence-corrected chi connectivity index (χ3v) is 5.32. The minimum absolute atomic E-state index is 0.139. The molecule has 24 heavy (non-hydrogen) atoms. The first-order valence-corrected chi connectivity index (χ1v) is 9.31. The molecule has 1 aliphatic rings. The molecule has 0 saturated heterocycles. The largest absolute Gasteiger partial charge is 0.481 e. The van der Waals surface area contributed by atoms with Gasteiger partial charge in [0.15, 0.2) is 0 Å². The maximum absolute atomic E-state index is 10.7. The fourth-order valence-corrected chi connectivity index (χ4v) is 4.26. The second-order valence-corrected chi connectivity index (χ2v) is 7.55. The van der Waals surface area contributed by atoms with Crippen LogP contribution in [-0.2, 0) is 37.3 Å². The summed E-state index contributed by atoms with van der Waals surface area (Å²) in [5.74, 6) is -0.771. The van der Waals surface area contributed by atoms with Crippen LogP contribution >= 0.6 is 11.3 Å². The molecule has 130 valence electrons. The zero-order valence-electron chi connectivity index (χ0n) is 14.3. The van der Waals surface area contributed by atoms with Crippen LogP contribution in [-0.4, -0.2) is 37.3 Å². The summed E-state index contributed by atoms with van der Waals surface area (Å²) in [6.07, 6.45) is 2.68. The van der Waals surface area contributed by atoms with Crippen molar-refractivity contribution in [2.75, 3.05) is 6.54 Å². The Morgan fingerprint density at radius 2 is 2.25 bits per heavy atom. The van der Waals surface area contributed by atoms with Gasteiger partial charge in [0.1, 0.15) is 0 Å². The van der Waals surface area contributed by atoms with Gasteiger partial charge >= 0.3 is 5.97 Å². The second-order valence-electron chi connectivity index (χ2n) is 6.26. The van der Waals surface area contributed by atoms with Crippen molar-refractivity contribution in [1.82, 2.24) is 19.7 Å². The molecule has 0 atom stereocenters. The van der Waals surface area contributed by atoms with E-state index in [0.717, 1.165) is 49.7 Å². The lowest BCUT2D eigenvalue weighted by Crippen LogP contribution is -2.22. The first-order chi connectivity index (χ1) is 11.5. The number of aryl methyl sites for hydroxylation is 4. The zero-order chi connectivity index (χ0) is 17.1. The molecule has 7 heteroatoms. The van der Waals surface area contributed by atoms with Crippen LogP contribution in [0.3, 0.4) is 0 Å². The topological polar surface area (TPSA) is 71.2 Å². The van der Waals surface area contributed by atoms with Crippen LogP contribution in [0.5, 0.6) is 0 Å². The summed E-state index contributed by atoms with van der Waals surface area (Å²) in [5, 5.41) is 14.5. The van der Waals surface area contributed by atoms with Gasteiger partial charge in [-0.3, -0.25) is 14.4 Å². The normalized spacial score (nSPS) is 15.2. The van der Waals surface area contributed by atoms with E-state index in [1.807, 2.05) is 0 Å². The van der Waals surface area contributed by atoms with E-state index in [4.69, 9.17) is 5.11 Å². The second kappa shape index (κ2) is 7.44. The van der Waals surface area contributed by atoms with Gasteiger partial charge in [0, 0.05) is 37.5 Å². The van der Waals surface area contributed by atoms with Gasteiger partial charge < -0.3 is 5.11 Å². The number of carboxylic acids is 1. The summed E-state index contributed by atoms with van der Waals surface area (Å²) in [5.41, 5.74) is 3.29. The van der Waals surface area contributed by atoms with Crippen molar-refractivity contribution in [3.63, 3.8) is 0 Å². The van der Waals surface area contributed by atoms with E-state index in [0.29, 0.717) is 6.42 Å². The van der Waals surface area contributed by atoms with Gasteiger partial charge in [-0.15, -0.1) is 11.3 Å². The molecular weight excluding hydrogens is 324 g/mol. The molecule has 6 nitrogen and oxygen atoms in total. The van der Waals surface area contributed by atoms with Gasteiger partial charge in [-0.2, -0.15) is 5.10 Å². The van der Waals surface area contributed by atoms with Gasteiger partial charge in [0.2, 0.25) is 0 Å². The van der Waals surface area contributed by atoms with Gasteiger partial charge in [0.05, 0.1) is 28.5 Å². The Bertz CT molecular complexity index is 722. The molecule has 0 saturated carbocycles. The van der Waals surface area contributed by atoms with E-state index in [1.54, 1.807) is 11.3 Å². The van der Waals surface area contributed by atoms with Crippen LogP contribution in [0.4, 0.5) is 0 Å². The lowest BCUT2D eigenvalue weighted by atomic mass is 10.2. The van der Waals surface area contributed by atoms with Gasteiger partial charge in [0.25, 0.3) is 0 Å². The van der Waals surface area contributed by atoms with Crippen molar-refractivity contribution >= 4 is 17.3 Å². The van der Waals surface area contributed by atoms with Crippen molar-refractivity contribution in [2.24, 2.45) is 0 Å². The average molecular weight is 348 g/mol. The molecule has 0 amide bonds. The lowest BCUT2D eigenvalue weighted by molar-refractivity contribution is -0.136. The monoisotopic (exact) mass is 348 g/mol. The summed E-state index contributed by atoms with van der Waals surface area (Å²) in [4.78, 5) is 19.2. The van der Waals surface area contributed by atoms with Crippen LogP contribution in [0, 0.1) is 6.92 Å². The highest BCUT2D eigenvalue weighted by molar-refractivity contribution is 7.11. The minimum atomic E-state index is -0.771. The van der Waals surface area contributed by atoms with Gasteiger partial charge in [-0.25, -0.2) is 4.98 Å². The third-order valence-electron chi connectivity index (χ3n) is 4.33. The predicted molar refractivity (Wildman–Crippen MR) is 93.1 cm³/mol. The van der Waals surface area contributed by atoms with Crippen molar-refractivity contribution in [3.05, 3.63) is 33.0 Å². The van der Waals surface area contributed by atoms with E-state index in [-0.39, 0.29) is 6.42 Å². The SMILES string of the molecule is CCc1nc(C)sc1CN1CCCn2nc(CCC(=O)O)cc2C1. The summed E-state index contributed by atoms with van der Waals surface area (Å²) < 4.78 is 2.05. The van der Waals surface area contributed by atoms with E-state index >= 15 is 0 Å². The number of nitrogens with zero attached hydrogens (tertiary/aromatic N) is 4. The highest BCUT2D eigenvalue weighted by Gasteiger charge is 2.19. The Morgan fingerprint density at radius 3 is 3.00 bits per heavy atom. The fraction of sp³-hybridized carbons (Fsp3) is 0.588. The number of hydrogen-bond donors (Lipinski definition) is 1. The molecule has 0 radical (unpaired) electrons. The van der Waals surface area contributed by atoms with E-state index in [1.165, 1.54) is 16.3 Å². The summed E-state index contributed by atoms with van der Waals surface area (Å²) in [7, 11) is 0. The highest BCUT2D eigenvalue weighted by atomic mass is 32.1. The maximum Gasteiger partial charge on any atom is 0.303 e. The molecule has 3 heterocycles. The molecule has 0 spiro atoms. The number of carbonyl (C=O) groups is 1. The molecular formula is C17H24N4O2S. The molecule has 2 aromatic heterocycles. The van der Waals surface area contributed by atoms with Crippen LogP contribution in [0.1, 0.15) is 46.7 Å². The Balaban J connectivity index is 1.70. The van der Waals surface area contributed by atoms with E-state index in [9.17, 15) is 4.79 Å². The number of carboxylic acid groups (broad SMARTS) is 1. The van der Waals surface area contributed by atoms with E-state index in [2.05, 4.69) is 39.6 Å². The van der Waals surface area contributed by atoms with Crippen LogP contribution in [0.2, 0.25) is 0 Å². The molecule has 0 bridgehead atoms. The number of hydrogen-bond acceptors (Lipinski definition) is 5. The quantitative estimate of drug-likeness (QED) is 0.869. The van der Waals surface area contributed by atoms with Crippen LogP contribution in [0.15, 0.2) is 6.07 Å². The van der Waals surface area contributed by atoms with Crippen molar-refractivity contribution in [1.29, 1.82) is 0 Å². The number of fused-ring (bicyclic) bond motifs is 1. The Morgan fingerprint density at radius 1 is 1.42 bits per heavy atom. The Hall–Kier alpha value is -1.73. The number of aliphatic carboxylic acids is 1. The minimum Gasteiger partial charge on any atom is -0.481 e. The Labute approximate surface area is 146 Å². The third kappa shape index (κ3) is 4.02. The van der Waals surface area contributed by atoms with Gasteiger partial charge in [-0.1, -0.05) is 6.92 Å². The van der Waals surface area contributed by atoms with E-state index < -0.39 is 5.97 Å². The summed E-state index contributed by atoms with van der Waals surface area (Å²) in [6.45, 7) is 7.98. The molecule has 3 rings (SSSR count). The molecule has 1 aliphatic heterocycles. The summed E-state index contributed by atoms with van der Waals surface area (Å²) >= 11 is 1.80. The summed E-state index contributed by atoms with van der Waals surface area (Å²) in [6, 6.07) is 2.07. The average Bonchev–Trinajstić information content (AvgIpc) is 3.03. The molecule has 2 aromatic rings. The van der Waals surface area contributed by atoms with Crippen LogP contribution in [0.25, 0.3) is 0 Å². The highest BCUT2D eigenvalue weighted by Crippen LogP contribution is 2.23. The van der Waals surface area contributed by atoms with Crippen LogP contribution < -0.4 is 0 Å². The lowest BCUT2D eigenvalue weighted by Gasteiger charge is -2.19.